The zero-order valence-electron chi connectivity index (χ0n) is 15.6. The van der Waals surface area contributed by atoms with Gasteiger partial charge in [0.25, 0.3) is 0 Å². The Bertz CT molecular complexity index is 862. The van der Waals surface area contributed by atoms with Crippen molar-refractivity contribution in [2.45, 2.75) is 38.7 Å². The molecule has 0 aliphatic carbocycles. The zero-order chi connectivity index (χ0) is 20.0. The van der Waals surface area contributed by atoms with Gasteiger partial charge in [-0.05, 0) is 56.2 Å². The van der Waals surface area contributed by atoms with Gasteiger partial charge in [-0.1, -0.05) is 40.2 Å². The molecule has 1 amide bonds. The number of ether oxygens (including phenoxy) is 1. The summed E-state index contributed by atoms with van der Waals surface area (Å²) in [5.74, 6) is -0.461. The highest BCUT2D eigenvalue weighted by molar-refractivity contribution is 9.10. The molecule has 0 radical (unpaired) electrons. The van der Waals surface area contributed by atoms with Crippen LogP contribution >= 0.6 is 15.9 Å². The van der Waals surface area contributed by atoms with Crippen LogP contribution in [0.5, 0.6) is 5.75 Å². The largest absolute Gasteiger partial charge is 0.491 e. The van der Waals surface area contributed by atoms with Crippen LogP contribution in [0.1, 0.15) is 37.9 Å². The Kier molecular flexibility index (Phi) is 7.44. The smallest absolute Gasteiger partial charge is 0.235 e. The SMILES string of the molecule is CC(C)Oc1ccc(C(C)NC(=O)CS(=O)(=O)Cc2ccc(Br)cc2)cc1. The van der Waals surface area contributed by atoms with Crippen LogP contribution in [0.15, 0.2) is 53.0 Å². The molecular formula is C20H24BrNO4S. The molecule has 0 aliphatic heterocycles. The topological polar surface area (TPSA) is 72.5 Å². The maximum absolute atomic E-state index is 12.3. The van der Waals surface area contributed by atoms with Crippen molar-refractivity contribution in [1.29, 1.82) is 0 Å². The molecule has 27 heavy (non-hydrogen) atoms. The third-order valence-corrected chi connectivity index (χ3v) is 5.78. The van der Waals surface area contributed by atoms with E-state index in [-0.39, 0.29) is 17.9 Å². The summed E-state index contributed by atoms with van der Waals surface area (Å²) in [5.41, 5.74) is 1.53. The van der Waals surface area contributed by atoms with E-state index in [1.807, 2.05) is 45.0 Å². The lowest BCUT2D eigenvalue weighted by atomic mass is 10.1. The van der Waals surface area contributed by atoms with E-state index in [4.69, 9.17) is 4.74 Å². The van der Waals surface area contributed by atoms with Gasteiger partial charge in [-0.25, -0.2) is 8.42 Å². The molecule has 0 saturated heterocycles. The molecule has 2 aromatic rings. The van der Waals surface area contributed by atoms with Crippen LogP contribution < -0.4 is 10.1 Å². The molecule has 0 aliphatic rings. The van der Waals surface area contributed by atoms with Crippen LogP contribution in [0.25, 0.3) is 0 Å². The van der Waals surface area contributed by atoms with Crippen molar-refractivity contribution in [2.24, 2.45) is 0 Å². The molecule has 1 unspecified atom stereocenters. The minimum Gasteiger partial charge on any atom is -0.491 e. The van der Waals surface area contributed by atoms with Crippen LogP contribution in [-0.2, 0) is 20.4 Å². The normalized spacial score (nSPS) is 12.6. The Morgan fingerprint density at radius 1 is 1.04 bits per heavy atom. The van der Waals surface area contributed by atoms with Gasteiger partial charge >= 0.3 is 0 Å². The lowest BCUT2D eigenvalue weighted by Gasteiger charge is -2.16. The lowest BCUT2D eigenvalue weighted by Crippen LogP contribution is -2.32. The third-order valence-electron chi connectivity index (χ3n) is 3.78. The van der Waals surface area contributed by atoms with Gasteiger partial charge in [-0.2, -0.15) is 0 Å². The van der Waals surface area contributed by atoms with Crippen molar-refractivity contribution in [3.05, 3.63) is 64.1 Å². The molecule has 7 heteroatoms. The van der Waals surface area contributed by atoms with E-state index in [1.165, 1.54) is 0 Å². The van der Waals surface area contributed by atoms with Gasteiger partial charge in [-0.3, -0.25) is 4.79 Å². The fourth-order valence-corrected chi connectivity index (χ4v) is 4.11. The Morgan fingerprint density at radius 3 is 2.19 bits per heavy atom. The summed E-state index contributed by atoms with van der Waals surface area (Å²) in [6.07, 6.45) is 0.0870. The summed E-state index contributed by atoms with van der Waals surface area (Å²) in [5, 5.41) is 2.74. The zero-order valence-corrected chi connectivity index (χ0v) is 18.0. The first kappa shape index (κ1) is 21.4. The average Bonchev–Trinajstić information content (AvgIpc) is 2.56. The second-order valence-corrected chi connectivity index (χ2v) is 9.66. The fourth-order valence-electron chi connectivity index (χ4n) is 2.56. The average molecular weight is 454 g/mol. The highest BCUT2D eigenvalue weighted by Gasteiger charge is 2.19. The van der Waals surface area contributed by atoms with E-state index in [9.17, 15) is 13.2 Å². The van der Waals surface area contributed by atoms with E-state index in [2.05, 4.69) is 21.2 Å². The number of sulfone groups is 1. The van der Waals surface area contributed by atoms with Crippen molar-refractivity contribution in [1.82, 2.24) is 5.32 Å². The maximum atomic E-state index is 12.3. The number of hydrogen-bond acceptors (Lipinski definition) is 4. The van der Waals surface area contributed by atoms with Gasteiger partial charge < -0.3 is 10.1 Å². The Hall–Kier alpha value is -1.86. The van der Waals surface area contributed by atoms with Gasteiger partial charge in [0.15, 0.2) is 9.84 Å². The summed E-state index contributed by atoms with van der Waals surface area (Å²) >= 11 is 3.31. The number of nitrogens with one attached hydrogen (secondary N) is 1. The maximum Gasteiger partial charge on any atom is 0.235 e. The molecule has 0 bridgehead atoms. The van der Waals surface area contributed by atoms with Crippen molar-refractivity contribution in [3.8, 4) is 5.75 Å². The van der Waals surface area contributed by atoms with Crippen molar-refractivity contribution >= 4 is 31.7 Å². The predicted molar refractivity (Wildman–Crippen MR) is 110 cm³/mol. The highest BCUT2D eigenvalue weighted by Crippen LogP contribution is 2.19. The molecule has 0 saturated carbocycles. The quantitative estimate of drug-likeness (QED) is 0.654. The van der Waals surface area contributed by atoms with Gasteiger partial charge in [0, 0.05) is 4.47 Å². The van der Waals surface area contributed by atoms with Gasteiger partial charge in [-0.15, -0.1) is 0 Å². The first-order chi connectivity index (χ1) is 12.6. The summed E-state index contributed by atoms with van der Waals surface area (Å²) in [4.78, 5) is 12.2. The predicted octanol–water partition coefficient (Wildman–Crippen LogP) is 4.03. The molecule has 0 spiro atoms. The Morgan fingerprint density at radius 2 is 1.63 bits per heavy atom. The molecule has 5 nitrogen and oxygen atoms in total. The monoisotopic (exact) mass is 453 g/mol. The third kappa shape index (κ3) is 7.34. The number of carbonyl (C=O) groups is 1. The van der Waals surface area contributed by atoms with Crippen LogP contribution in [0, 0.1) is 0 Å². The van der Waals surface area contributed by atoms with Crippen LogP contribution in [0.4, 0.5) is 0 Å². The molecule has 1 N–H and O–H groups in total. The number of amides is 1. The minimum absolute atomic E-state index is 0.0870. The van der Waals surface area contributed by atoms with E-state index < -0.39 is 21.5 Å². The van der Waals surface area contributed by atoms with Crippen molar-refractivity contribution < 1.29 is 17.9 Å². The summed E-state index contributed by atoms with van der Waals surface area (Å²) in [6, 6.07) is 14.1. The summed E-state index contributed by atoms with van der Waals surface area (Å²) < 4.78 is 31.0. The number of rotatable bonds is 8. The lowest BCUT2D eigenvalue weighted by molar-refractivity contribution is -0.119. The Labute approximate surface area is 169 Å². The molecule has 146 valence electrons. The van der Waals surface area contributed by atoms with Crippen LogP contribution in [-0.4, -0.2) is 26.2 Å². The number of halogens is 1. The van der Waals surface area contributed by atoms with Gasteiger partial charge in [0.2, 0.25) is 5.91 Å². The van der Waals surface area contributed by atoms with Gasteiger partial charge in [0.1, 0.15) is 11.5 Å². The molecule has 1 atom stereocenters. The first-order valence-electron chi connectivity index (χ1n) is 8.65. The second kappa shape index (κ2) is 9.37. The first-order valence-corrected chi connectivity index (χ1v) is 11.3. The number of benzene rings is 2. The van der Waals surface area contributed by atoms with E-state index in [1.54, 1.807) is 24.3 Å². The van der Waals surface area contributed by atoms with E-state index in [0.29, 0.717) is 5.56 Å². The molecule has 2 aromatic carbocycles. The molecule has 0 heterocycles. The van der Waals surface area contributed by atoms with Crippen LogP contribution in [0.2, 0.25) is 0 Å². The fraction of sp³-hybridized carbons (Fsp3) is 0.350. The number of carbonyl (C=O) groups excluding carboxylic acids is 1. The number of hydrogen-bond donors (Lipinski definition) is 1. The molecule has 2 rings (SSSR count). The van der Waals surface area contributed by atoms with E-state index >= 15 is 0 Å². The molecule has 0 aromatic heterocycles. The minimum atomic E-state index is -3.54. The highest BCUT2D eigenvalue weighted by atomic mass is 79.9. The standard InChI is InChI=1S/C20H24BrNO4S/c1-14(2)26-19-10-6-17(7-11-19)15(3)22-20(23)13-27(24,25)12-16-4-8-18(21)9-5-16/h4-11,14-15H,12-13H2,1-3H3,(H,22,23). The molecular weight excluding hydrogens is 430 g/mol. The van der Waals surface area contributed by atoms with Crippen molar-refractivity contribution in [3.63, 3.8) is 0 Å². The second-order valence-electron chi connectivity index (χ2n) is 6.68. The van der Waals surface area contributed by atoms with Gasteiger partial charge in [0.05, 0.1) is 17.9 Å². The van der Waals surface area contributed by atoms with Crippen LogP contribution in [0.3, 0.4) is 0 Å². The summed E-state index contributed by atoms with van der Waals surface area (Å²) in [7, 11) is -3.54. The molecule has 0 fully saturated rings. The van der Waals surface area contributed by atoms with Crippen molar-refractivity contribution in [2.75, 3.05) is 5.75 Å². The summed E-state index contributed by atoms with van der Waals surface area (Å²) in [6.45, 7) is 5.72. The van der Waals surface area contributed by atoms with E-state index in [0.717, 1.165) is 15.8 Å². The Balaban J connectivity index is 1.92.